The Bertz CT molecular complexity index is 1510. The number of rotatable bonds is 6. The van der Waals surface area contributed by atoms with E-state index >= 15 is 0 Å². The normalized spacial score (nSPS) is 18.2. The van der Waals surface area contributed by atoms with Gasteiger partial charge in [0.2, 0.25) is 0 Å². The molecule has 4 aromatic rings. The number of fused-ring (bicyclic) bond motifs is 1. The zero-order chi connectivity index (χ0) is 27.8. The van der Waals surface area contributed by atoms with Crippen molar-refractivity contribution in [3.8, 4) is 5.82 Å². The Morgan fingerprint density at radius 1 is 1.10 bits per heavy atom. The highest BCUT2D eigenvalue weighted by Gasteiger charge is 2.57. The van der Waals surface area contributed by atoms with Gasteiger partial charge in [0.05, 0.1) is 23.4 Å². The minimum Gasteiger partial charge on any atom is -0.465 e. The molecule has 2 aromatic carbocycles. The number of hydrogen-bond acceptors (Lipinski definition) is 6. The van der Waals surface area contributed by atoms with Gasteiger partial charge in [0.1, 0.15) is 17.7 Å². The van der Waals surface area contributed by atoms with Crippen LogP contribution in [0.15, 0.2) is 67.3 Å². The van der Waals surface area contributed by atoms with E-state index in [-0.39, 0.29) is 11.9 Å². The summed E-state index contributed by atoms with van der Waals surface area (Å²) in [5.74, 6) is 0.918. The molecule has 1 saturated heterocycles. The molecule has 0 unspecified atom stereocenters. The molecule has 2 aromatic heterocycles. The molecule has 1 fully saturated rings. The van der Waals surface area contributed by atoms with Crippen LogP contribution in [0.3, 0.4) is 0 Å². The van der Waals surface area contributed by atoms with Gasteiger partial charge >= 0.3 is 6.09 Å². The maximum absolute atomic E-state index is 13.6. The van der Waals surface area contributed by atoms with Crippen LogP contribution in [0.25, 0.3) is 16.9 Å². The molecule has 2 amide bonds. The third kappa shape index (κ3) is 4.78. The minimum absolute atomic E-state index is 0.0507. The number of carbonyl (C=O) groups is 2. The molecule has 39 heavy (non-hydrogen) atoms. The lowest BCUT2D eigenvalue weighted by atomic mass is 9.71. The highest BCUT2D eigenvalue weighted by atomic mass is 16.4. The lowest BCUT2D eigenvalue weighted by Gasteiger charge is -2.45. The largest absolute Gasteiger partial charge is 0.465 e. The van der Waals surface area contributed by atoms with E-state index in [9.17, 15) is 14.7 Å². The first-order chi connectivity index (χ1) is 18.6. The molecule has 5 rings (SSSR count). The molecule has 0 saturated carbocycles. The van der Waals surface area contributed by atoms with Gasteiger partial charge in [0, 0.05) is 18.3 Å². The van der Waals surface area contributed by atoms with Crippen molar-refractivity contribution in [3.63, 3.8) is 0 Å². The number of likely N-dealkylation sites (tertiary alicyclic amines) is 1. The van der Waals surface area contributed by atoms with Crippen molar-refractivity contribution in [1.29, 1.82) is 0 Å². The molecule has 0 aliphatic carbocycles. The highest BCUT2D eigenvalue weighted by molar-refractivity contribution is 6.02. The quantitative estimate of drug-likeness (QED) is 0.303. The van der Waals surface area contributed by atoms with Gasteiger partial charge in [-0.1, -0.05) is 51.1 Å². The standard InChI is InChI=1S/C29H33N7O3/c1-19(20-9-6-5-7-10-20)32-24-16-30-17-25(34-24)35-18-31-22-15-21(11-12-23(22)35)33-26(37)29(28(2,3)4)13-8-14-36(29)27(38)39/h5-7,9-12,15-19H,8,13-14H2,1-4H3,(H,32,34)(H,33,37)(H,38,39)/t19-,29+/m0/s1. The van der Waals surface area contributed by atoms with Crippen LogP contribution in [0.2, 0.25) is 0 Å². The van der Waals surface area contributed by atoms with Crippen molar-refractivity contribution in [2.75, 3.05) is 17.2 Å². The molecule has 2 atom stereocenters. The SMILES string of the molecule is C[C@H](Nc1cncc(-n2cnc3cc(NC(=O)[C@@]4(C(C)(C)C)CCCN4C(=O)O)ccc32)n1)c1ccccc1. The fraction of sp³-hybridized carbons (Fsp3) is 0.345. The minimum atomic E-state index is -1.16. The number of aromatic nitrogens is 4. The smallest absolute Gasteiger partial charge is 0.408 e. The summed E-state index contributed by atoms with van der Waals surface area (Å²) in [6.45, 7) is 8.12. The van der Waals surface area contributed by atoms with Gasteiger partial charge in [0.25, 0.3) is 5.91 Å². The second-order valence-corrected chi connectivity index (χ2v) is 11.0. The summed E-state index contributed by atoms with van der Waals surface area (Å²) in [7, 11) is 0. The second kappa shape index (κ2) is 10.0. The van der Waals surface area contributed by atoms with Gasteiger partial charge in [-0.2, -0.15) is 0 Å². The lowest BCUT2D eigenvalue weighted by Crippen LogP contribution is -2.62. The summed E-state index contributed by atoms with van der Waals surface area (Å²) >= 11 is 0. The maximum Gasteiger partial charge on any atom is 0.408 e. The van der Waals surface area contributed by atoms with Crippen molar-refractivity contribution >= 4 is 34.5 Å². The van der Waals surface area contributed by atoms with E-state index in [2.05, 4.69) is 39.7 Å². The van der Waals surface area contributed by atoms with Crippen LogP contribution < -0.4 is 10.6 Å². The van der Waals surface area contributed by atoms with Crippen LogP contribution in [0.5, 0.6) is 0 Å². The van der Waals surface area contributed by atoms with Crippen LogP contribution in [-0.4, -0.2) is 53.6 Å². The van der Waals surface area contributed by atoms with Crippen LogP contribution in [0.4, 0.5) is 16.3 Å². The highest BCUT2D eigenvalue weighted by Crippen LogP contribution is 2.44. The third-order valence-corrected chi connectivity index (χ3v) is 7.57. The molecule has 3 heterocycles. The topological polar surface area (TPSA) is 125 Å². The van der Waals surface area contributed by atoms with E-state index < -0.39 is 17.0 Å². The first-order valence-electron chi connectivity index (χ1n) is 13.0. The predicted octanol–water partition coefficient (Wildman–Crippen LogP) is 5.49. The summed E-state index contributed by atoms with van der Waals surface area (Å²) in [6.07, 6.45) is 5.05. The average Bonchev–Trinajstić information content (AvgIpc) is 3.55. The van der Waals surface area contributed by atoms with E-state index in [1.165, 1.54) is 4.90 Å². The van der Waals surface area contributed by atoms with E-state index in [1.54, 1.807) is 30.9 Å². The fourth-order valence-corrected chi connectivity index (χ4v) is 5.53. The Kier molecular flexibility index (Phi) is 6.71. The molecular weight excluding hydrogens is 494 g/mol. The Balaban J connectivity index is 1.39. The first-order valence-corrected chi connectivity index (χ1v) is 13.0. The number of nitrogens with one attached hydrogen (secondary N) is 2. The van der Waals surface area contributed by atoms with Gasteiger partial charge in [-0.15, -0.1) is 0 Å². The molecule has 0 radical (unpaired) electrons. The van der Waals surface area contributed by atoms with Crippen molar-refractivity contribution in [3.05, 3.63) is 72.8 Å². The second-order valence-electron chi connectivity index (χ2n) is 11.0. The molecule has 0 bridgehead atoms. The molecule has 202 valence electrons. The number of benzene rings is 2. The van der Waals surface area contributed by atoms with Crippen LogP contribution >= 0.6 is 0 Å². The Morgan fingerprint density at radius 2 is 1.87 bits per heavy atom. The van der Waals surface area contributed by atoms with Crippen molar-refractivity contribution in [2.24, 2.45) is 5.41 Å². The number of anilines is 2. The molecule has 10 heteroatoms. The van der Waals surface area contributed by atoms with E-state index in [4.69, 9.17) is 4.98 Å². The molecular formula is C29H33N7O3. The molecule has 1 aliphatic rings. The van der Waals surface area contributed by atoms with Crippen LogP contribution in [0, 0.1) is 5.41 Å². The summed E-state index contributed by atoms with van der Waals surface area (Å²) in [5.41, 5.74) is 1.41. The Morgan fingerprint density at radius 3 is 2.59 bits per heavy atom. The Hall–Kier alpha value is -4.47. The first kappa shape index (κ1) is 26.1. The van der Waals surface area contributed by atoms with Crippen molar-refractivity contribution in [1.82, 2.24) is 24.4 Å². The van der Waals surface area contributed by atoms with E-state index in [0.29, 0.717) is 42.2 Å². The van der Waals surface area contributed by atoms with Gasteiger partial charge in [-0.05, 0) is 48.9 Å². The molecule has 10 nitrogen and oxygen atoms in total. The molecule has 3 N–H and O–H groups in total. The number of carbonyl (C=O) groups excluding carboxylic acids is 1. The van der Waals surface area contributed by atoms with Crippen LogP contribution in [0.1, 0.15) is 52.1 Å². The number of carboxylic acid groups (broad SMARTS) is 1. The van der Waals surface area contributed by atoms with Gasteiger partial charge in [-0.3, -0.25) is 19.2 Å². The molecule has 1 aliphatic heterocycles. The van der Waals surface area contributed by atoms with Gasteiger partial charge in [-0.25, -0.2) is 14.8 Å². The summed E-state index contributed by atoms with van der Waals surface area (Å²) < 4.78 is 1.84. The fourth-order valence-electron chi connectivity index (χ4n) is 5.53. The average molecular weight is 528 g/mol. The lowest BCUT2D eigenvalue weighted by molar-refractivity contribution is -0.131. The van der Waals surface area contributed by atoms with Gasteiger partial charge < -0.3 is 15.7 Å². The van der Waals surface area contributed by atoms with Crippen molar-refractivity contribution in [2.45, 2.75) is 52.1 Å². The van der Waals surface area contributed by atoms with E-state index in [1.807, 2.05) is 49.6 Å². The number of hydrogen-bond donors (Lipinski definition) is 3. The van der Waals surface area contributed by atoms with Gasteiger partial charge in [0.15, 0.2) is 5.82 Å². The molecule has 0 spiro atoms. The summed E-state index contributed by atoms with van der Waals surface area (Å²) in [5, 5.41) is 16.2. The summed E-state index contributed by atoms with van der Waals surface area (Å²) in [4.78, 5) is 40.5. The number of amides is 2. The zero-order valence-corrected chi connectivity index (χ0v) is 22.5. The van der Waals surface area contributed by atoms with Crippen LogP contribution in [-0.2, 0) is 4.79 Å². The number of imidazole rings is 1. The Labute approximate surface area is 227 Å². The summed E-state index contributed by atoms with van der Waals surface area (Å²) in [6, 6.07) is 15.6. The van der Waals surface area contributed by atoms with Crippen molar-refractivity contribution < 1.29 is 14.7 Å². The monoisotopic (exact) mass is 527 g/mol. The predicted molar refractivity (Wildman–Crippen MR) is 150 cm³/mol. The maximum atomic E-state index is 13.6. The third-order valence-electron chi connectivity index (χ3n) is 7.57. The van der Waals surface area contributed by atoms with E-state index in [0.717, 1.165) is 11.1 Å². The zero-order valence-electron chi connectivity index (χ0n) is 22.5. The number of nitrogens with zero attached hydrogens (tertiary/aromatic N) is 5.